The Morgan fingerprint density at radius 1 is 1.11 bits per heavy atom. The van der Waals surface area contributed by atoms with Crippen molar-refractivity contribution < 1.29 is 0 Å². The average Bonchev–Trinajstić information content (AvgIpc) is 1.89. The van der Waals surface area contributed by atoms with Gasteiger partial charge in [-0.25, -0.2) is 0 Å². The zero-order valence-corrected chi connectivity index (χ0v) is 6.17. The van der Waals surface area contributed by atoms with Crippen molar-refractivity contribution >= 4 is 48.0 Å². The standard InChI is InChI=1S/C2H7B7/c1-2-4-6-8-9-7-5-3/h2-3H2,1H3. The van der Waals surface area contributed by atoms with Gasteiger partial charge in [-0.3, -0.25) is 0 Å². The van der Waals surface area contributed by atoms with Gasteiger partial charge in [-0.2, -0.15) is 0 Å². The summed E-state index contributed by atoms with van der Waals surface area (Å²) >= 11 is 0. The predicted molar refractivity (Wildman–Crippen MR) is 53.5 cm³/mol. The van der Waals surface area contributed by atoms with Crippen molar-refractivity contribution in [2.45, 2.75) is 13.2 Å². The summed E-state index contributed by atoms with van der Waals surface area (Å²) in [7, 11) is 2.01. The van der Waals surface area contributed by atoms with E-state index in [0.717, 1.165) is 6.32 Å². The Hall–Kier alpha value is 0.455. The molecule has 0 aromatic rings. The Bertz CT molecular complexity index is 123. The van der Waals surface area contributed by atoms with Gasteiger partial charge in [0.1, 0.15) is 0 Å². The van der Waals surface area contributed by atoms with Crippen molar-refractivity contribution in [3.8, 4) is 0 Å². The second-order valence-corrected chi connectivity index (χ2v) is 1.75. The molecule has 0 atom stereocenters. The van der Waals surface area contributed by atoms with Crippen LogP contribution in [0.1, 0.15) is 6.92 Å². The minimum atomic E-state index is 1.11. The van der Waals surface area contributed by atoms with E-state index in [1.807, 2.05) is 34.5 Å². The van der Waals surface area contributed by atoms with E-state index in [2.05, 4.69) is 20.4 Å². The van der Waals surface area contributed by atoms with Crippen LogP contribution in [-0.2, 0) is 0 Å². The van der Waals surface area contributed by atoms with Crippen molar-refractivity contribution in [1.29, 1.82) is 0 Å². The van der Waals surface area contributed by atoms with Gasteiger partial charge in [-0.05, 0) is 0 Å². The van der Waals surface area contributed by atoms with E-state index in [1.165, 1.54) is 0 Å². The third-order valence-corrected chi connectivity index (χ3v) is 0.898. The molecule has 36 valence electrons. The SMILES string of the molecule is BB=BB=BB=BCC. The van der Waals surface area contributed by atoms with Crippen LogP contribution in [0.15, 0.2) is 0 Å². The Balaban J connectivity index is 3.35. The van der Waals surface area contributed by atoms with Crippen molar-refractivity contribution in [2.24, 2.45) is 0 Å². The molecule has 0 radical (unpaired) electrons. The topological polar surface area (TPSA) is 0 Å². The zero-order valence-electron chi connectivity index (χ0n) is 6.17. The van der Waals surface area contributed by atoms with Crippen LogP contribution in [0.2, 0.25) is 6.32 Å². The second-order valence-electron chi connectivity index (χ2n) is 1.75. The van der Waals surface area contributed by atoms with Crippen LogP contribution in [0.5, 0.6) is 0 Å². The molecule has 0 unspecified atom stereocenters. The number of rotatable bonds is 3. The van der Waals surface area contributed by atoms with E-state index in [4.69, 9.17) is 0 Å². The summed E-state index contributed by atoms with van der Waals surface area (Å²) in [5, 5.41) is 0. The molecule has 0 aromatic heterocycles. The normalized spacial score (nSPS) is 7.22. The monoisotopic (exact) mass is 108 g/mol. The van der Waals surface area contributed by atoms with Crippen LogP contribution in [-0.4, -0.2) is 48.0 Å². The first-order valence-electron chi connectivity index (χ1n) is 3.36. The van der Waals surface area contributed by atoms with Crippen LogP contribution < -0.4 is 0 Å². The maximum absolute atomic E-state index is 2.12. The van der Waals surface area contributed by atoms with Crippen molar-refractivity contribution in [1.82, 2.24) is 0 Å². The van der Waals surface area contributed by atoms with Crippen LogP contribution in [0.3, 0.4) is 0 Å². The summed E-state index contributed by atoms with van der Waals surface area (Å²) in [6.07, 6.45) is 1.11. The molecule has 0 spiro atoms. The molecule has 0 N–H and O–H groups in total. The molecule has 0 aromatic carbocycles. The van der Waals surface area contributed by atoms with Gasteiger partial charge in [0, 0.05) is 0 Å². The number of hydrogen-bond acceptors (Lipinski definition) is 0. The van der Waals surface area contributed by atoms with E-state index in [1.54, 1.807) is 0 Å². The van der Waals surface area contributed by atoms with E-state index >= 15 is 0 Å². The minimum absolute atomic E-state index is 1.11. The van der Waals surface area contributed by atoms with Crippen molar-refractivity contribution in [3.05, 3.63) is 0 Å². The fourth-order valence-corrected chi connectivity index (χ4v) is 0.454. The van der Waals surface area contributed by atoms with Gasteiger partial charge in [0.05, 0.1) is 0 Å². The molecular formula is C2H7B7. The first kappa shape index (κ1) is 9.45. The van der Waals surface area contributed by atoms with E-state index in [0.29, 0.717) is 0 Å². The van der Waals surface area contributed by atoms with Gasteiger partial charge in [0.2, 0.25) is 0 Å². The van der Waals surface area contributed by atoms with Gasteiger partial charge < -0.3 is 0 Å². The molecule has 0 aliphatic heterocycles. The predicted octanol–water partition coefficient (Wildman–Crippen LogP) is -2.23. The Kier molecular flexibility index (Phi) is 8.88. The molecule has 0 aliphatic carbocycles. The van der Waals surface area contributed by atoms with Crippen LogP contribution in [0, 0.1) is 0 Å². The summed E-state index contributed by atoms with van der Waals surface area (Å²) < 4.78 is 0. The van der Waals surface area contributed by atoms with Gasteiger partial charge >= 0.3 is 61.2 Å². The Morgan fingerprint density at radius 3 is 2.33 bits per heavy atom. The van der Waals surface area contributed by atoms with Crippen LogP contribution >= 0.6 is 0 Å². The summed E-state index contributed by atoms with van der Waals surface area (Å²) in [4.78, 5) is 0. The van der Waals surface area contributed by atoms with E-state index < -0.39 is 0 Å². The van der Waals surface area contributed by atoms with E-state index in [9.17, 15) is 0 Å². The molecule has 0 rings (SSSR count). The fraction of sp³-hybridized carbons (Fsp3) is 1.00. The molecule has 0 bridgehead atoms. The summed E-state index contributed by atoms with van der Waals surface area (Å²) in [6, 6.07) is 0. The van der Waals surface area contributed by atoms with Gasteiger partial charge in [0.15, 0.2) is 0 Å². The van der Waals surface area contributed by atoms with E-state index in [-0.39, 0.29) is 0 Å². The first-order chi connectivity index (χ1) is 4.41. The molecular weight excluding hydrogens is 99.7 g/mol. The summed E-state index contributed by atoms with van der Waals surface area (Å²) in [6.45, 7) is 14.4. The van der Waals surface area contributed by atoms with Gasteiger partial charge in [-0.1, -0.05) is 0 Å². The molecule has 0 aliphatic rings. The van der Waals surface area contributed by atoms with Crippen LogP contribution in [0.25, 0.3) is 0 Å². The van der Waals surface area contributed by atoms with Crippen LogP contribution in [0.4, 0.5) is 0 Å². The molecule has 9 heavy (non-hydrogen) atoms. The quantitative estimate of drug-likeness (QED) is 0.358. The molecule has 0 fully saturated rings. The third-order valence-electron chi connectivity index (χ3n) is 0.898. The first-order valence-corrected chi connectivity index (χ1v) is 3.36. The maximum atomic E-state index is 2.12. The molecule has 7 heteroatoms. The molecule has 0 heterocycles. The average molecular weight is 107 g/mol. The Labute approximate surface area is 61.9 Å². The molecule has 0 nitrogen and oxygen atoms in total. The second kappa shape index (κ2) is 8.45. The van der Waals surface area contributed by atoms with Crippen molar-refractivity contribution in [3.63, 3.8) is 0 Å². The Morgan fingerprint density at radius 2 is 1.78 bits per heavy atom. The molecule has 0 saturated heterocycles. The van der Waals surface area contributed by atoms with Gasteiger partial charge in [-0.15, -0.1) is 0 Å². The van der Waals surface area contributed by atoms with Gasteiger partial charge in [0.25, 0.3) is 0 Å². The third kappa shape index (κ3) is 8.45. The fourth-order valence-electron chi connectivity index (χ4n) is 0.454. The molecule has 0 saturated carbocycles. The zero-order chi connectivity index (χ0) is 6.95. The summed E-state index contributed by atoms with van der Waals surface area (Å²) in [5.74, 6) is 0. The van der Waals surface area contributed by atoms with Crippen molar-refractivity contribution in [2.75, 3.05) is 0 Å². The summed E-state index contributed by atoms with van der Waals surface area (Å²) in [5.41, 5.74) is 0. The molecule has 0 amide bonds. The number of hydrogen-bond donors (Lipinski definition) is 0.